The number of urea groups is 1. The van der Waals surface area contributed by atoms with Crippen LogP contribution in [-0.2, 0) is 11.2 Å². The topological polar surface area (TPSA) is 74.8 Å². The molecule has 3 heterocycles. The predicted octanol–water partition coefficient (Wildman–Crippen LogP) is 2.68. The SMILES string of the molecule is C=CCN1C(=O)NC(c2cccc(OC)c2)C2=C1CN(CCc1ccccn1)C2=O. The summed E-state index contributed by atoms with van der Waals surface area (Å²) in [5, 5.41) is 2.98. The predicted molar refractivity (Wildman–Crippen MR) is 113 cm³/mol. The zero-order chi connectivity index (χ0) is 21.1. The van der Waals surface area contributed by atoms with Gasteiger partial charge in [0.1, 0.15) is 5.75 Å². The zero-order valence-electron chi connectivity index (χ0n) is 16.9. The van der Waals surface area contributed by atoms with Crippen LogP contribution in [0.4, 0.5) is 4.79 Å². The minimum Gasteiger partial charge on any atom is -0.497 e. The summed E-state index contributed by atoms with van der Waals surface area (Å²) < 4.78 is 5.32. The summed E-state index contributed by atoms with van der Waals surface area (Å²) in [4.78, 5) is 33.9. The highest BCUT2D eigenvalue weighted by molar-refractivity contribution is 6.01. The first-order chi connectivity index (χ1) is 14.6. The van der Waals surface area contributed by atoms with E-state index in [2.05, 4.69) is 16.9 Å². The van der Waals surface area contributed by atoms with Gasteiger partial charge in [0.2, 0.25) is 0 Å². The van der Waals surface area contributed by atoms with Crippen LogP contribution >= 0.6 is 0 Å². The minimum absolute atomic E-state index is 0.0668. The second kappa shape index (κ2) is 8.41. The van der Waals surface area contributed by atoms with Crippen LogP contribution in [-0.4, -0.2) is 53.5 Å². The van der Waals surface area contributed by atoms with Crippen molar-refractivity contribution >= 4 is 11.9 Å². The number of carbonyl (C=O) groups is 2. The smallest absolute Gasteiger partial charge is 0.322 e. The molecule has 0 saturated heterocycles. The number of pyridine rings is 1. The van der Waals surface area contributed by atoms with Gasteiger partial charge in [0, 0.05) is 31.4 Å². The van der Waals surface area contributed by atoms with Crippen LogP contribution in [0.1, 0.15) is 17.3 Å². The molecule has 2 aromatic rings. The fraction of sp³-hybridized carbons (Fsp3) is 0.261. The number of methoxy groups -OCH3 is 1. The maximum Gasteiger partial charge on any atom is 0.322 e. The highest BCUT2D eigenvalue weighted by atomic mass is 16.5. The van der Waals surface area contributed by atoms with Crippen molar-refractivity contribution in [2.75, 3.05) is 26.7 Å². The number of carbonyl (C=O) groups excluding carboxylic acids is 2. The van der Waals surface area contributed by atoms with E-state index in [-0.39, 0.29) is 11.9 Å². The van der Waals surface area contributed by atoms with Crippen molar-refractivity contribution in [3.8, 4) is 5.75 Å². The third kappa shape index (κ3) is 3.66. The number of hydrogen-bond acceptors (Lipinski definition) is 4. The molecule has 1 unspecified atom stereocenters. The monoisotopic (exact) mass is 404 g/mol. The van der Waals surface area contributed by atoms with Gasteiger partial charge in [0.05, 0.1) is 31.0 Å². The van der Waals surface area contributed by atoms with Crippen molar-refractivity contribution in [3.63, 3.8) is 0 Å². The van der Waals surface area contributed by atoms with Gasteiger partial charge in [-0.1, -0.05) is 24.3 Å². The molecule has 1 N–H and O–H groups in total. The lowest BCUT2D eigenvalue weighted by Crippen LogP contribution is -2.47. The molecule has 2 aliphatic rings. The van der Waals surface area contributed by atoms with E-state index < -0.39 is 6.04 Å². The van der Waals surface area contributed by atoms with E-state index in [0.717, 1.165) is 17.0 Å². The Morgan fingerprint density at radius 1 is 1.27 bits per heavy atom. The summed E-state index contributed by atoms with van der Waals surface area (Å²) >= 11 is 0. The molecule has 0 fully saturated rings. The Morgan fingerprint density at radius 3 is 2.87 bits per heavy atom. The largest absolute Gasteiger partial charge is 0.497 e. The Bertz CT molecular complexity index is 1000. The Labute approximate surface area is 175 Å². The van der Waals surface area contributed by atoms with Crippen molar-refractivity contribution in [2.45, 2.75) is 12.5 Å². The summed E-state index contributed by atoms with van der Waals surface area (Å²) in [5.74, 6) is 0.609. The number of nitrogens with zero attached hydrogens (tertiary/aromatic N) is 3. The van der Waals surface area contributed by atoms with Gasteiger partial charge in [-0.25, -0.2) is 4.79 Å². The van der Waals surface area contributed by atoms with Gasteiger partial charge in [-0.2, -0.15) is 0 Å². The maximum absolute atomic E-state index is 13.4. The summed E-state index contributed by atoms with van der Waals surface area (Å²) in [6.45, 7) is 5.02. The van der Waals surface area contributed by atoms with Crippen LogP contribution in [0, 0.1) is 0 Å². The third-order valence-electron chi connectivity index (χ3n) is 5.40. The standard InChI is InChI=1S/C23H24N4O3/c1-3-12-27-19-15-26(13-10-17-8-4-5-11-24-17)22(28)20(19)21(25-23(27)29)16-7-6-9-18(14-16)30-2/h3-9,11,14,21H,1,10,12-13,15H2,2H3,(H,25,29). The van der Waals surface area contributed by atoms with Crippen molar-refractivity contribution < 1.29 is 14.3 Å². The molecule has 154 valence electrons. The number of benzene rings is 1. The summed E-state index contributed by atoms with van der Waals surface area (Å²) in [6, 6.07) is 12.4. The average molecular weight is 404 g/mol. The van der Waals surface area contributed by atoms with E-state index in [0.29, 0.717) is 37.4 Å². The number of hydrogen-bond donors (Lipinski definition) is 1. The molecule has 7 nitrogen and oxygen atoms in total. The Morgan fingerprint density at radius 2 is 2.13 bits per heavy atom. The van der Waals surface area contributed by atoms with Crippen molar-refractivity contribution in [1.82, 2.24) is 20.1 Å². The van der Waals surface area contributed by atoms with Gasteiger partial charge >= 0.3 is 6.03 Å². The molecule has 0 aliphatic carbocycles. The molecule has 0 radical (unpaired) electrons. The Kier molecular flexibility index (Phi) is 5.52. The molecule has 3 amide bonds. The summed E-state index contributed by atoms with van der Waals surface area (Å²) in [7, 11) is 1.59. The lowest BCUT2D eigenvalue weighted by molar-refractivity contribution is -0.125. The van der Waals surface area contributed by atoms with Crippen LogP contribution in [0.25, 0.3) is 0 Å². The molecule has 1 aromatic carbocycles. The van der Waals surface area contributed by atoms with Crippen molar-refractivity contribution in [3.05, 3.63) is 83.8 Å². The van der Waals surface area contributed by atoms with E-state index in [4.69, 9.17) is 4.74 Å². The first-order valence-electron chi connectivity index (χ1n) is 9.87. The first kappa shape index (κ1) is 19.7. The van der Waals surface area contributed by atoms with Crippen molar-refractivity contribution in [1.29, 1.82) is 0 Å². The van der Waals surface area contributed by atoms with Crippen LogP contribution in [0.3, 0.4) is 0 Å². The summed E-state index contributed by atoms with van der Waals surface area (Å²) in [5.41, 5.74) is 3.08. The lowest BCUT2D eigenvalue weighted by Gasteiger charge is -2.33. The van der Waals surface area contributed by atoms with Crippen LogP contribution in [0.2, 0.25) is 0 Å². The second-order valence-electron chi connectivity index (χ2n) is 7.22. The molecule has 7 heteroatoms. The second-order valence-corrected chi connectivity index (χ2v) is 7.22. The zero-order valence-corrected chi connectivity index (χ0v) is 16.9. The average Bonchev–Trinajstić information content (AvgIpc) is 3.11. The molecular formula is C23H24N4O3. The molecule has 2 aliphatic heterocycles. The number of nitrogens with one attached hydrogen (secondary N) is 1. The highest BCUT2D eigenvalue weighted by Crippen LogP contribution is 2.37. The fourth-order valence-corrected chi connectivity index (χ4v) is 3.92. The van der Waals surface area contributed by atoms with Gasteiger partial charge < -0.3 is 15.0 Å². The van der Waals surface area contributed by atoms with Gasteiger partial charge in [-0.05, 0) is 29.8 Å². The summed E-state index contributed by atoms with van der Waals surface area (Å²) in [6.07, 6.45) is 4.06. The maximum atomic E-state index is 13.4. The number of aromatic nitrogens is 1. The molecule has 0 saturated carbocycles. The molecule has 30 heavy (non-hydrogen) atoms. The van der Waals surface area contributed by atoms with E-state index >= 15 is 0 Å². The number of rotatable bonds is 7. The molecular weight excluding hydrogens is 380 g/mol. The Hall–Kier alpha value is -3.61. The molecule has 1 atom stereocenters. The Balaban J connectivity index is 1.64. The third-order valence-corrected chi connectivity index (χ3v) is 5.40. The van der Waals surface area contributed by atoms with Gasteiger partial charge in [0.25, 0.3) is 5.91 Å². The van der Waals surface area contributed by atoms with E-state index in [1.54, 1.807) is 29.2 Å². The molecule has 0 spiro atoms. The van der Waals surface area contributed by atoms with Crippen LogP contribution in [0.5, 0.6) is 5.75 Å². The molecule has 1 aromatic heterocycles. The van der Waals surface area contributed by atoms with Gasteiger partial charge in [0.15, 0.2) is 0 Å². The van der Waals surface area contributed by atoms with Crippen LogP contribution < -0.4 is 10.1 Å². The normalized spacial score (nSPS) is 18.4. The van der Waals surface area contributed by atoms with E-state index in [1.807, 2.05) is 42.5 Å². The number of amides is 3. The quantitative estimate of drug-likeness (QED) is 0.720. The van der Waals surface area contributed by atoms with Crippen molar-refractivity contribution in [2.24, 2.45) is 0 Å². The first-order valence-corrected chi connectivity index (χ1v) is 9.87. The van der Waals surface area contributed by atoms with Crippen LogP contribution in [0.15, 0.2) is 72.6 Å². The van der Waals surface area contributed by atoms with Gasteiger partial charge in [-0.3, -0.25) is 14.7 Å². The molecule has 0 bridgehead atoms. The lowest BCUT2D eigenvalue weighted by atomic mass is 9.95. The van der Waals surface area contributed by atoms with Gasteiger partial charge in [-0.15, -0.1) is 6.58 Å². The van der Waals surface area contributed by atoms with E-state index in [1.165, 1.54) is 0 Å². The van der Waals surface area contributed by atoms with E-state index in [9.17, 15) is 9.59 Å². The highest BCUT2D eigenvalue weighted by Gasteiger charge is 2.43. The number of ether oxygens (including phenoxy) is 1. The minimum atomic E-state index is -0.518. The fourth-order valence-electron chi connectivity index (χ4n) is 3.92. The molecule has 4 rings (SSSR count).